The molecule has 1 N–H and O–H groups in total. The van der Waals surface area contributed by atoms with Crippen LogP contribution in [0.1, 0.15) is 40.1 Å². The number of carboxylic acids is 1. The Morgan fingerprint density at radius 1 is 0.919 bits per heavy atom. The largest absolute Gasteiger partial charge is 0.490 e. The topological polar surface area (TPSA) is 88.5 Å². The fraction of sp³-hybridized carbons (Fsp3) is 0.310. The Labute approximate surface area is 217 Å². The van der Waals surface area contributed by atoms with Gasteiger partial charge in [-0.25, -0.2) is 4.79 Å². The highest BCUT2D eigenvalue weighted by Crippen LogP contribution is 2.32. The number of aromatic carboxylic acids is 1. The minimum atomic E-state index is -1.05. The number of nitrogens with zero attached hydrogens (tertiary/aromatic N) is 2. The summed E-state index contributed by atoms with van der Waals surface area (Å²) in [6.45, 7) is 7.31. The van der Waals surface area contributed by atoms with E-state index in [4.69, 9.17) is 14.2 Å². The van der Waals surface area contributed by atoms with E-state index >= 15 is 0 Å². The van der Waals surface area contributed by atoms with Gasteiger partial charge in [0.05, 0.1) is 44.2 Å². The number of benzene rings is 3. The van der Waals surface area contributed by atoms with E-state index in [9.17, 15) is 14.7 Å². The molecular weight excluding hydrogens is 472 g/mol. The van der Waals surface area contributed by atoms with E-state index in [0.717, 1.165) is 5.56 Å². The summed E-state index contributed by atoms with van der Waals surface area (Å²) in [7, 11) is 0. The van der Waals surface area contributed by atoms with Gasteiger partial charge in [0.2, 0.25) is 0 Å². The third-order valence-corrected chi connectivity index (χ3v) is 6.09. The van der Waals surface area contributed by atoms with Gasteiger partial charge in [-0.3, -0.25) is 4.79 Å². The molecule has 0 radical (unpaired) electrons. The highest BCUT2D eigenvalue weighted by Gasteiger charge is 2.24. The number of amides is 1. The standard InChI is InChI=1S/C29H32N2O6/c1-3-36-26-13-10-21(18-27(26)37-4-2)20-31(28(32)22-8-6-5-7-9-22)23-11-12-25(24(19-23)29(33)34)30-14-16-35-17-15-30/h5-13,18-19H,3-4,14-17,20H2,1-2H3,(H,33,34). The van der Waals surface area contributed by atoms with Crippen LogP contribution >= 0.6 is 0 Å². The number of carboxylic acid groups (broad SMARTS) is 1. The first-order valence-corrected chi connectivity index (χ1v) is 12.5. The molecule has 1 saturated heterocycles. The highest BCUT2D eigenvalue weighted by atomic mass is 16.5. The van der Waals surface area contributed by atoms with Crippen LogP contribution in [-0.4, -0.2) is 56.5 Å². The Balaban J connectivity index is 1.74. The van der Waals surface area contributed by atoms with Crippen molar-refractivity contribution >= 4 is 23.3 Å². The maximum Gasteiger partial charge on any atom is 0.337 e. The Morgan fingerprint density at radius 2 is 1.62 bits per heavy atom. The van der Waals surface area contributed by atoms with Gasteiger partial charge in [-0.05, 0) is 61.9 Å². The zero-order chi connectivity index (χ0) is 26.2. The summed E-state index contributed by atoms with van der Waals surface area (Å²) >= 11 is 0. The minimum absolute atomic E-state index is 0.145. The molecule has 194 valence electrons. The highest BCUT2D eigenvalue weighted by molar-refractivity contribution is 6.07. The molecule has 3 aromatic carbocycles. The van der Waals surface area contributed by atoms with Crippen molar-refractivity contribution in [2.24, 2.45) is 0 Å². The van der Waals surface area contributed by atoms with Crippen LogP contribution < -0.4 is 19.3 Å². The second-order valence-electron chi connectivity index (χ2n) is 8.51. The zero-order valence-corrected chi connectivity index (χ0v) is 21.2. The van der Waals surface area contributed by atoms with Crippen LogP contribution in [0.15, 0.2) is 66.7 Å². The number of rotatable bonds is 10. The molecule has 3 aromatic rings. The molecule has 1 fully saturated rings. The van der Waals surface area contributed by atoms with Crippen molar-refractivity contribution in [1.82, 2.24) is 0 Å². The Morgan fingerprint density at radius 3 is 2.30 bits per heavy atom. The molecule has 0 bridgehead atoms. The van der Waals surface area contributed by atoms with Crippen molar-refractivity contribution in [3.05, 3.63) is 83.4 Å². The molecule has 0 spiro atoms. The maximum atomic E-state index is 13.7. The molecule has 0 saturated carbocycles. The Hall–Kier alpha value is -4.04. The SMILES string of the molecule is CCOc1ccc(CN(C(=O)c2ccccc2)c2ccc(N3CCOCC3)c(C(=O)O)c2)cc1OCC. The molecule has 0 unspecified atom stereocenters. The first-order chi connectivity index (χ1) is 18.0. The molecule has 0 atom stereocenters. The molecule has 1 amide bonds. The average molecular weight is 505 g/mol. The van der Waals surface area contributed by atoms with Gasteiger partial charge in [-0.2, -0.15) is 0 Å². The molecule has 1 aliphatic rings. The van der Waals surface area contributed by atoms with Crippen LogP contribution in [0.3, 0.4) is 0 Å². The van der Waals surface area contributed by atoms with Gasteiger partial charge in [0.25, 0.3) is 5.91 Å². The second kappa shape index (κ2) is 12.3. The fourth-order valence-electron chi connectivity index (χ4n) is 4.34. The van der Waals surface area contributed by atoms with Crippen LogP contribution in [0.25, 0.3) is 0 Å². The lowest BCUT2D eigenvalue weighted by molar-refractivity contribution is 0.0695. The van der Waals surface area contributed by atoms with Gasteiger partial charge in [0.15, 0.2) is 11.5 Å². The van der Waals surface area contributed by atoms with Gasteiger partial charge in [-0.15, -0.1) is 0 Å². The molecule has 8 nitrogen and oxygen atoms in total. The third-order valence-electron chi connectivity index (χ3n) is 6.09. The number of carbonyl (C=O) groups excluding carboxylic acids is 1. The number of hydrogen-bond acceptors (Lipinski definition) is 6. The lowest BCUT2D eigenvalue weighted by Crippen LogP contribution is -2.37. The first-order valence-electron chi connectivity index (χ1n) is 12.5. The Bertz CT molecular complexity index is 1220. The summed E-state index contributed by atoms with van der Waals surface area (Å²) in [5.74, 6) is -0.0435. The van der Waals surface area contributed by atoms with Gasteiger partial charge in [-0.1, -0.05) is 24.3 Å². The van der Waals surface area contributed by atoms with E-state index in [0.29, 0.717) is 68.0 Å². The van der Waals surface area contributed by atoms with Crippen molar-refractivity contribution < 1.29 is 28.9 Å². The molecule has 8 heteroatoms. The average Bonchev–Trinajstić information content (AvgIpc) is 2.93. The molecule has 0 aromatic heterocycles. The number of ether oxygens (including phenoxy) is 3. The van der Waals surface area contributed by atoms with Gasteiger partial charge in [0, 0.05) is 24.3 Å². The summed E-state index contributed by atoms with van der Waals surface area (Å²) in [5.41, 5.74) is 2.59. The number of hydrogen-bond donors (Lipinski definition) is 1. The summed E-state index contributed by atoms with van der Waals surface area (Å²) in [4.78, 5) is 29.5. The monoisotopic (exact) mass is 504 g/mol. The van der Waals surface area contributed by atoms with Crippen LogP contribution in [0.2, 0.25) is 0 Å². The molecule has 1 aliphatic heterocycles. The fourth-order valence-corrected chi connectivity index (χ4v) is 4.34. The molecule has 37 heavy (non-hydrogen) atoms. The van der Waals surface area contributed by atoms with Crippen molar-refractivity contribution in [3.63, 3.8) is 0 Å². The third kappa shape index (κ3) is 6.21. The normalized spacial score (nSPS) is 13.2. The Kier molecular flexibility index (Phi) is 8.64. The van der Waals surface area contributed by atoms with E-state index in [1.807, 2.05) is 43.0 Å². The lowest BCUT2D eigenvalue weighted by Gasteiger charge is -2.31. The van der Waals surface area contributed by atoms with Crippen LogP contribution in [0.4, 0.5) is 11.4 Å². The van der Waals surface area contributed by atoms with Crippen molar-refractivity contribution in [1.29, 1.82) is 0 Å². The van der Waals surface area contributed by atoms with Gasteiger partial charge in [0.1, 0.15) is 0 Å². The van der Waals surface area contributed by atoms with Crippen molar-refractivity contribution in [2.75, 3.05) is 49.3 Å². The van der Waals surface area contributed by atoms with E-state index in [1.54, 1.807) is 47.4 Å². The predicted molar refractivity (Wildman–Crippen MR) is 142 cm³/mol. The number of anilines is 2. The van der Waals surface area contributed by atoms with Crippen LogP contribution in [0.5, 0.6) is 11.5 Å². The van der Waals surface area contributed by atoms with Gasteiger partial charge >= 0.3 is 5.97 Å². The quantitative estimate of drug-likeness (QED) is 0.422. The zero-order valence-electron chi connectivity index (χ0n) is 21.2. The summed E-state index contributed by atoms with van der Waals surface area (Å²) in [6, 6.07) is 19.7. The minimum Gasteiger partial charge on any atom is -0.490 e. The maximum absolute atomic E-state index is 13.7. The number of morpholine rings is 1. The predicted octanol–water partition coefficient (Wildman–Crippen LogP) is 4.87. The van der Waals surface area contributed by atoms with Crippen LogP contribution in [-0.2, 0) is 11.3 Å². The first kappa shape index (κ1) is 26.0. The van der Waals surface area contributed by atoms with Crippen molar-refractivity contribution in [3.8, 4) is 11.5 Å². The van der Waals surface area contributed by atoms with Gasteiger partial charge < -0.3 is 29.1 Å². The molecule has 0 aliphatic carbocycles. The van der Waals surface area contributed by atoms with E-state index in [-0.39, 0.29) is 18.0 Å². The van der Waals surface area contributed by atoms with Crippen molar-refractivity contribution in [2.45, 2.75) is 20.4 Å². The lowest BCUT2D eigenvalue weighted by atomic mass is 10.1. The van der Waals surface area contributed by atoms with E-state index in [2.05, 4.69) is 0 Å². The van der Waals surface area contributed by atoms with Crippen LogP contribution in [0, 0.1) is 0 Å². The van der Waals surface area contributed by atoms with E-state index in [1.165, 1.54) is 0 Å². The summed E-state index contributed by atoms with van der Waals surface area (Å²) < 4.78 is 16.9. The van der Waals surface area contributed by atoms with E-state index < -0.39 is 5.97 Å². The smallest absolute Gasteiger partial charge is 0.337 e. The summed E-state index contributed by atoms with van der Waals surface area (Å²) in [6.07, 6.45) is 0. The summed E-state index contributed by atoms with van der Waals surface area (Å²) in [5, 5.41) is 10.0. The molecule has 1 heterocycles. The molecule has 4 rings (SSSR count). The number of carbonyl (C=O) groups is 2. The second-order valence-corrected chi connectivity index (χ2v) is 8.51. The molecular formula is C29H32N2O6.